The minimum atomic E-state index is -3.43. The zero-order valence-electron chi connectivity index (χ0n) is 20.5. The number of anilines is 2. The van der Waals surface area contributed by atoms with E-state index in [1.807, 2.05) is 65.1 Å². The van der Waals surface area contributed by atoms with Gasteiger partial charge in [0.15, 0.2) is 5.11 Å². The molecule has 0 aliphatic carbocycles. The monoisotopic (exact) mass is 548 g/mol. The Labute approximate surface area is 225 Å². The summed E-state index contributed by atoms with van der Waals surface area (Å²) in [5.41, 5.74) is 4.46. The van der Waals surface area contributed by atoms with E-state index in [-0.39, 0.29) is 17.8 Å². The molecule has 12 heteroatoms. The molecule has 1 aliphatic heterocycles. The molecule has 2 atom stereocenters. The highest BCUT2D eigenvalue weighted by molar-refractivity contribution is 7.92. The number of nitrogens with zero attached hydrogens (tertiary/aromatic N) is 4. The summed E-state index contributed by atoms with van der Waals surface area (Å²) in [5.74, 6) is 0. The van der Waals surface area contributed by atoms with Gasteiger partial charge in [-0.3, -0.25) is 19.8 Å². The number of rotatable bonds is 7. The maximum atomic E-state index is 11.8. The van der Waals surface area contributed by atoms with Crippen LogP contribution in [-0.4, -0.2) is 34.3 Å². The third kappa shape index (κ3) is 4.95. The Morgan fingerprint density at radius 3 is 2.42 bits per heavy atom. The van der Waals surface area contributed by atoms with Gasteiger partial charge in [-0.1, -0.05) is 6.07 Å². The molecule has 2 aromatic heterocycles. The molecule has 10 nitrogen and oxygen atoms in total. The van der Waals surface area contributed by atoms with Crippen molar-refractivity contribution < 1.29 is 13.3 Å². The van der Waals surface area contributed by atoms with Crippen molar-refractivity contribution in [1.29, 1.82) is 0 Å². The van der Waals surface area contributed by atoms with Crippen molar-refractivity contribution in [3.63, 3.8) is 0 Å². The van der Waals surface area contributed by atoms with Crippen molar-refractivity contribution in [2.75, 3.05) is 15.9 Å². The second-order valence-electron chi connectivity index (χ2n) is 8.95. The van der Waals surface area contributed by atoms with Crippen LogP contribution in [0.3, 0.4) is 0 Å². The summed E-state index contributed by atoms with van der Waals surface area (Å²) in [6.07, 6.45) is 4.74. The van der Waals surface area contributed by atoms with Gasteiger partial charge in [0, 0.05) is 41.6 Å². The summed E-state index contributed by atoms with van der Waals surface area (Å²) in [6.45, 7) is 1.83. The highest BCUT2D eigenvalue weighted by atomic mass is 32.2. The van der Waals surface area contributed by atoms with Crippen LogP contribution in [0.5, 0.6) is 0 Å². The second-order valence-corrected chi connectivity index (χ2v) is 11.1. The number of aromatic nitrogens is 2. The van der Waals surface area contributed by atoms with Crippen molar-refractivity contribution in [1.82, 2.24) is 14.9 Å². The number of pyridine rings is 1. The molecule has 0 saturated carbocycles. The van der Waals surface area contributed by atoms with Gasteiger partial charge in [0.1, 0.15) is 6.04 Å². The number of hydrogen-bond donors (Lipinski definition) is 2. The Balaban J connectivity index is 1.62. The number of nitro benzene ring substituents is 1. The summed E-state index contributed by atoms with van der Waals surface area (Å²) < 4.78 is 28.1. The van der Waals surface area contributed by atoms with E-state index in [2.05, 4.69) is 15.0 Å². The average Bonchev–Trinajstić information content (AvgIpc) is 3.49. The highest BCUT2D eigenvalue weighted by Gasteiger charge is 2.42. The summed E-state index contributed by atoms with van der Waals surface area (Å²) in [6, 6.07) is 20.7. The molecule has 2 N–H and O–H groups in total. The van der Waals surface area contributed by atoms with E-state index in [4.69, 9.17) is 12.2 Å². The SMILES string of the molecule is Cc1cc(N2C(=S)N[C@H](c3ccccn3)[C@H]2c2cccn2-c2ccc([N+](=O)[O-])cc2)ccc1NS(C)(=O)=O. The van der Waals surface area contributed by atoms with Crippen LogP contribution in [0.2, 0.25) is 0 Å². The average molecular weight is 549 g/mol. The van der Waals surface area contributed by atoms with Gasteiger partial charge in [-0.15, -0.1) is 0 Å². The lowest BCUT2D eigenvalue weighted by molar-refractivity contribution is -0.384. The molecular weight excluding hydrogens is 524 g/mol. The topological polar surface area (TPSA) is 122 Å². The van der Waals surface area contributed by atoms with E-state index in [1.54, 1.807) is 24.4 Å². The van der Waals surface area contributed by atoms with Gasteiger partial charge in [0.2, 0.25) is 10.0 Å². The van der Waals surface area contributed by atoms with Crippen molar-refractivity contribution >= 4 is 44.4 Å². The Bertz CT molecular complexity index is 1620. The summed E-state index contributed by atoms with van der Waals surface area (Å²) in [4.78, 5) is 17.3. The zero-order chi connectivity index (χ0) is 27.0. The minimum absolute atomic E-state index is 0.0115. The van der Waals surface area contributed by atoms with Crippen LogP contribution in [0.25, 0.3) is 5.69 Å². The molecule has 3 heterocycles. The molecule has 2 aromatic carbocycles. The first-order valence-corrected chi connectivity index (χ1v) is 13.9. The van der Waals surface area contributed by atoms with Crippen LogP contribution < -0.4 is 14.9 Å². The smallest absolute Gasteiger partial charge is 0.269 e. The van der Waals surface area contributed by atoms with Crippen LogP contribution in [0.4, 0.5) is 17.1 Å². The molecule has 38 heavy (non-hydrogen) atoms. The lowest BCUT2D eigenvalue weighted by Crippen LogP contribution is -2.30. The number of hydrogen-bond acceptors (Lipinski definition) is 6. The molecular formula is C26H24N6O4S2. The molecule has 194 valence electrons. The van der Waals surface area contributed by atoms with E-state index in [1.165, 1.54) is 12.1 Å². The normalized spacial score (nSPS) is 17.3. The van der Waals surface area contributed by atoms with Gasteiger partial charge in [0.25, 0.3) is 5.69 Å². The first-order valence-electron chi connectivity index (χ1n) is 11.6. The van der Waals surface area contributed by atoms with Gasteiger partial charge >= 0.3 is 0 Å². The van der Waals surface area contributed by atoms with Gasteiger partial charge in [-0.2, -0.15) is 0 Å². The van der Waals surface area contributed by atoms with Crippen LogP contribution in [0, 0.1) is 17.0 Å². The number of non-ortho nitro benzene ring substituents is 1. The van der Waals surface area contributed by atoms with Crippen molar-refractivity contribution in [2.24, 2.45) is 0 Å². The number of aryl methyl sites for hydroxylation is 1. The minimum Gasteiger partial charge on any atom is -0.351 e. The van der Waals surface area contributed by atoms with Gasteiger partial charge in [0.05, 0.1) is 28.6 Å². The van der Waals surface area contributed by atoms with Crippen LogP contribution in [0.15, 0.2) is 85.2 Å². The van der Waals surface area contributed by atoms with Crippen molar-refractivity contribution in [2.45, 2.75) is 19.0 Å². The molecule has 0 radical (unpaired) electrons. The van der Waals surface area contributed by atoms with E-state index in [9.17, 15) is 18.5 Å². The quantitative estimate of drug-likeness (QED) is 0.195. The Morgan fingerprint density at radius 1 is 1.05 bits per heavy atom. The number of thiocarbonyl (C=S) groups is 1. The van der Waals surface area contributed by atoms with E-state index < -0.39 is 14.9 Å². The Morgan fingerprint density at radius 2 is 1.79 bits per heavy atom. The predicted molar refractivity (Wildman–Crippen MR) is 150 cm³/mol. The Kier molecular flexibility index (Phi) is 6.59. The van der Waals surface area contributed by atoms with Crippen LogP contribution >= 0.6 is 12.2 Å². The summed E-state index contributed by atoms with van der Waals surface area (Å²) in [7, 11) is -3.43. The predicted octanol–water partition coefficient (Wildman–Crippen LogP) is 4.64. The third-order valence-electron chi connectivity index (χ3n) is 6.30. The fourth-order valence-electron chi connectivity index (χ4n) is 4.65. The molecule has 0 spiro atoms. The van der Waals surface area contributed by atoms with E-state index >= 15 is 0 Å². The maximum absolute atomic E-state index is 11.8. The van der Waals surface area contributed by atoms with Crippen LogP contribution in [0.1, 0.15) is 29.0 Å². The van der Waals surface area contributed by atoms with E-state index in [0.29, 0.717) is 10.8 Å². The third-order valence-corrected chi connectivity index (χ3v) is 7.21. The van der Waals surface area contributed by atoms with Crippen molar-refractivity contribution in [3.8, 4) is 5.69 Å². The van der Waals surface area contributed by atoms with Gasteiger partial charge in [-0.05, 0) is 79.3 Å². The standard InChI is InChI=1S/C26H24N6O4S2/c1-17-16-20(12-13-21(17)29-38(2,35)36)31-25(24(28-26(31)37)22-6-3-4-14-27-22)23-7-5-15-30(23)18-8-10-19(11-9-18)32(33)34/h3-16,24-25,29H,1-2H3,(H,28,37)/t24-,25-/m1/s1. The molecule has 5 rings (SSSR count). The molecule has 4 aromatic rings. The van der Waals surface area contributed by atoms with Crippen LogP contribution in [-0.2, 0) is 10.0 Å². The fourth-order valence-corrected chi connectivity index (χ4v) is 5.63. The second kappa shape index (κ2) is 9.88. The van der Waals surface area contributed by atoms with Crippen molar-refractivity contribution in [3.05, 3.63) is 112 Å². The zero-order valence-corrected chi connectivity index (χ0v) is 22.1. The molecule has 1 saturated heterocycles. The lowest BCUT2D eigenvalue weighted by Gasteiger charge is -2.29. The maximum Gasteiger partial charge on any atom is 0.269 e. The largest absolute Gasteiger partial charge is 0.351 e. The molecule has 0 bridgehead atoms. The summed E-state index contributed by atoms with van der Waals surface area (Å²) in [5, 5.41) is 15.1. The van der Waals surface area contributed by atoms with Gasteiger partial charge < -0.3 is 14.8 Å². The first-order chi connectivity index (χ1) is 18.1. The number of benzene rings is 2. The summed E-state index contributed by atoms with van der Waals surface area (Å²) >= 11 is 5.81. The van der Waals surface area contributed by atoms with E-state index in [0.717, 1.165) is 34.6 Å². The molecule has 0 amide bonds. The number of nitro groups is 1. The number of nitrogens with one attached hydrogen (secondary N) is 2. The number of sulfonamides is 1. The van der Waals surface area contributed by atoms with Gasteiger partial charge in [-0.25, -0.2) is 8.42 Å². The molecule has 1 aliphatic rings. The Hall–Kier alpha value is -4.29. The highest BCUT2D eigenvalue weighted by Crippen LogP contribution is 2.43. The molecule has 1 fully saturated rings. The lowest BCUT2D eigenvalue weighted by atomic mass is 10.0. The molecule has 0 unspecified atom stereocenters. The fraction of sp³-hybridized carbons (Fsp3) is 0.154. The first kappa shape index (κ1) is 25.4.